The molecule has 0 unspecified atom stereocenters. The minimum Gasteiger partial charge on any atom is -0.494 e. The summed E-state index contributed by atoms with van der Waals surface area (Å²) in [5.74, 6) is -0.339. The summed E-state index contributed by atoms with van der Waals surface area (Å²) in [7, 11) is 1.58. The molecule has 106 valence electrons. The smallest absolute Gasteiger partial charge is 0.335 e. The van der Waals surface area contributed by atoms with Gasteiger partial charge in [-0.05, 0) is 42.8 Å². The van der Waals surface area contributed by atoms with Gasteiger partial charge in [-0.15, -0.1) is 5.10 Å². The van der Waals surface area contributed by atoms with Crippen LogP contribution in [0.5, 0.6) is 5.75 Å². The Bertz CT molecular complexity index is 839. The highest BCUT2D eigenvalue weighted by atomic mass is 16.5. The van der Waals surface area contributed by atoms with Crippen molar-refractivity contribution in [2.45, 2.75) is 6.92 Å². The third kappa shape index (κ3) is 2.20. The van der Waals surface area contributed by atoms with E-state index in [0.717, 1.165) is 11.3 Å². The fraction of sp³-hybridized carbons (Fsp3) is 0.133. The summed E-state index contributed by atoms with van der Waals surface area (Å²) >= 11 is 0. The van der Waals surface area contributed by atoms with Crippen molar-refractivity contribution in [2.24, 2.45) is 0 Å². The number of aryl methyl sites for hydroxylation is 1. The number of fused-ring (bicyclic) bond motifs is 1. The van der Waals surface area contributed by atoms with Gasteiger partial charge in [-0.25, -0.2) is 9.48 Å². The van der Waals surface area contributed by atoms with Crippen LogP contribution in [0.2, 0.25) is 0 Å². The van der Waals surface area contributed by atoms with Crippen molar-refractivity contribution in [3.8, 4) is 11.4 Å². The van der Waals surface area contributed by atoms with E-state index in [2.05, 4.69) is 10.3 Å². The maximum atomic E-state index is 11.1. The molecule has 0 radical (unpaired) electrons. The zero-order valence-corrected chi connectivity index (χ0v) is 11.6. The van der Waals surface area contributed by atoms with Crippen molar-refractivity contribution in [1.29, 1.82) is 0 Å². The predicted octanol–water partition coefficient (Wildman–Crippen LogP) is 2.44. The van der Waals surface area contributed by atoms with E-state index in [1.807, 2.05) is 25.1 Å². The molecule has 0 aliphatic heterocycles. The Kier molecular flexibility index (Phi) is 3.06. The standard InChI is InChI=1S/C15H13N3O3/c1-9-3-6-14(21-2)13(7-9)18-12-8-10(15(19)20)4-5-11(12)16-17-18/h3-8H,1-2H3,(H,19,20). The molecular formula is C15H13N3O3. The van der Waals surface area contributed by atoms with Crippen molar-refractivity contribution >= 4 is 17.0 Å². The summed E-state index contributed by atoms with van der Waals surface area (Å²) in [6, 6.07) is 10.4. The number of nitrogens with zero attached hydrogens (tertiary/aromatic N) is 3. The van der Waals surface area contributed by atoms with Crippen LogP contribution in [0.1, 0.15) is 15.9 Å². The van der Waals surface area contributed by atoms with E-state index in [1.165, 1.54) is 6.07 Å². The van der Waals surface area contributed by atoms with Gasteiger partial charge < -0.3 is 9.84 Å². The van der Waals surface area contributed by atoms with Crippen LogP contribution >= 0.6 is 0 Å². The van der Waals surface area contributed by atoms with Crippen molar-refractivity contribution in [2.75, 3.05) is 7.11 Å². The van der Waals surface area contributed by atoms with Crippen LogP contribution in [0.4, 0.5) is 0 Å². The second-order valence-corrected chi connectivity index (χ2v) is 4.69. The van der Waals surface area contributed by atoms with E-state index < -0.39 is 5.97 Å². The number of ether oxygens (including phenoxy) is 1. The molecule has 0 atom stereocenters. The number of carboxylic acids is 1. The molecule has 3 rings (SSSR count). The summed E-state index contributed by atoms with van der Waals surface area (Å²) in [6.45, 7) is 1.96. The summed E-state index contributed by atoms with van der Waals surface area (Å²) < 4.78 is 6.94. The van der Waals surface area contributed by atoms with Crippen LogP contribution in [0.15, 0.2) is 36.4 Å². The van der Waals surface area contributed by atoms with E-state index in [0.29, 0.717) is 16.8 Å². The minimum atomic E-state index is -0.985. The maximum Gasteiger partial charge on any atom is 0.335 e. The number of benzene rings is 2. The third-order valence-corrected chi connectivity index (χ3v) is 3.25. The average molecular weight is 283 g/mol. The van der Waals surface area contributed by atoms with Gasteiger partial charge in [0, 0.05) is 0 Å². The molecule has 0 fully saturated rings. The van der Waals surface area contributed by atoms with Crippen molar-refractivity contribution in [3.05, 3.63) is 47.5 Å². The number of aromatic carboxylic acids is 1. The summed E-state index contributed by atoms with van der Waals surface area (Å²) in [6.07, 6.45) is 0. The van der Waals surface area contributed by atoms with E-state index in [1.54, 1.807) is 23.9 Å². The molecule has 0 saturated heterocycles. The van der Waals surface area contributed by atoms with Crippen LogP contribution in [-0.4, -0.2) is 33.2 Å². The number of carbonyl (C=O) groups is 1. The molecule has 0 amide bonds. The largest absolute Gasteiger partial charge is 0.494 e. The molecule has 0 bridgehead atoms. The Labute approximate surface area is 120 Å². The Morgan fingerprint density at radius 3 is 2.76 bits per heavy atom. The molecule has 3 aromatic rings. The predicted molar refractivity (Wildman–Crippen MR) is 77.1 cm³/mol. The lowest BCUT2D eigenvalue weighted by Crippen LogP contribution is -2.02. The molecule has 0 aliphatic carbocycles. The van der Waals surface area contributed by atoms with E-state index >= 15 is 0 Å². The van der Waals surface area contributed by atoms with Gasteiger partial charge in [0.15, 0.2) is 0 Å². The van der Waals surface area contributed by atoms with Gasteiger partial charge >= 0.3 is 5.97 Å². The Morgan fingerprint density at radius 2 is 2.05 bits per heavy atom. The normalized spacial score (nSPS) is 10.8. The van der Waals surface area contributed by atoms with Gasteiger partial charge in [0.2, 0.25) is 0 Å². The van der Waals surface area contributed by atoms with Crippen LogP contribution in [0.3, 0.4) is 0 Å². The van der Waals surface area contributed by atoms with Gasteiger partial charge in [-0.1, -0.05) is 11.3 Å². The van der Waals surface area contributed by atoms with Crippen LogP contribution in [0.25, 0.3) is 16.7 Å². The first-order valence-electron chi connectivity index (χ1n) is 6.34. The van der Waals surface area contributed by atoms with Crippen LogP contribution < -0.4 is 4.74 Å². The van der Waals surface area contributed by atoms with Crippen LogP contribution in [-0.2, 0) is 0 Å². The van der Waals surface area contributed by atoms with E-state index in [-0.39, 0.29) is 5.56 Å². The molecule has 0 spiro atoms. The first kappa shape index (κ1) is 13.1. The monoisotopic (exact) mass is 283 g/mol. The zero-order chi connectivity index (χ0) is 15.0. The molecule has 1 aromatic heterocycles. The fourth-order valence-corrected chi connectivity index (χ4v) is 2.20. The van der Waals surface area contributed by atoms with Crippen molar-refractivity contribution in [1.82, 2.24) is 15.0 Å². The highest BCUT2D eigenvalue weighted by Gasteiger charge is 2.13. The Balaban J connectivity index is 2.27. The molecule has 2 aromatic carbocycles. The second kappa shape index (κ2) is 4.90. The van der Waals surface area contributed by atoms with Gasteiger partial charge in [0.1, 0.15) is 17.0 Å². The minimum absolute atomic E-state index is 0.192. The van der Waals surface area contributed by atoms with Gasteiger partial charge in [-0.3, -0.25) is 0 Å². The zero-order valence-electron chi connectivity index (χ0n) is 11.6. The summed E-state index contributed by atoms with van der Waals surface area (Å²) in [5.41, 5.74) is 3.21. The summed E-state index contributed by atoms with van der Waals surface area (Å²) in [5, 5.41) is 17.3. The third-order valence-electron chi connectivity index (χ3n) is 3.25. The Hall–Kier alpha value is -2.89. The average Bonchev–Trinajstić information content (AvgIpc) is 2.89. The highest BCUT2D eigenvalue weighted by Crippen LogP contribution is 2.26. The molecule has 1 N–H and O–H groups in total. The van der Waals surface area contributed by atoms with Crippen LogP contribution in [0, 0.1) is 6.92 Å². The molecule has 6 heteroatoms. The molecule has 0 aliphatic rings. The van der Waals surface area contributed by atoms with Gasteiger partial charge in [0.25, 0.3) is 0 Å². The van der Waals surface area contributed by atoms with Gasteiger partial charge in [0.05, 0.1) is 18.2 Å². The second-order valence-electron chi connectivity index (χ2n) is 4.69. The van der Waals surface area contributed by atoms with E-state index in [9.17, 15) is 4.79 Å². The number of carboxylic acid groups (broad SMARTS) is 1. The lowest BCUT2D eigenvalue weighted by molar-refractivity contribution is 0.0697. The first-order chi connectivity index (χ1) is 10.1. The van der Waals surface area contributed by atoms with Crippen molar-refractivity contribution < 1.29 is 14.6 Å². The first-order valence-corrected chi connectivity index (χ1v) is 6.34. The quantitative estimate of drug-likeness (QED) is 0.798. The highest BCUT2D eigenvalue weighted by molar-refractivity contribution is 5.92. The van der Waals surface area contributed by atoms with Gasteiger partial charge in [-0.2, -0.15) is 0 Å². The lowest BCUT2D eigenvalue weighted by atomic mass is 10.2. The number of aromatic nitrogens is 3. The maximum absolute atomic E-state index is 11.1. The molecule has 0 saturated carbocycles. The van der Waals surface area contributed by atoms with Crippen molar-refractivity contribution in [3.63, 3.8) is 0 Å². The molecule has 21 heavy (non-hydrogen) atoms. The summed E-state index contributed by atoms with van der Waals surface area (Å²) in [4.78, 5) is 11.1. The molecule has 6 nitrogen and oxygen atoms in total. The topological polar surface area (TPSA) is 77.2 Å². The SMILES string of the molecule is COc1ccc(C)cc1-n1nnc2ccc(C(=O)O)cc21. The number of methoxy groups -OCH3 is 1. The number of hydrogen-bond acceptors (Lipinski definition) is 4. The van der Waals surface area contributed by atoms with E-state index in [4.69, 9.17) is 9.84 Å². The Morgan fingerprint density at radius 1 is 1.24 bits per heavy atom. The number of hydrogen-bond donors (Lipinski definition) is 1. The molecular weight excluding hydrogens is 270 g/mol. The number of rotatable bonds is 3. The fourth-order valence-electron chi connectivity index (χ4n) is 2.20. The molecule has 1 heterocycles. The lowest BCUT2D eigenvalue weighted by Gasteiger charge is -2.09.